The number of hydrogen-bond donors (Lipinski definition) is 1. The Hall–Kier alpha value is -1.82. The minimum absolute atomic E-state index is 0.0434. The Labute approximate surface area is 106 Å². The topological polar surface area (TPSA) is 71.6 Å². The van der Waals surface area contributed by atoms with Gasteiger partial charge in [0, 0.05) is 33.2 Å². The van der Waals surface area contributed by atoms with Crippen LogP contribution >= 0.6 is 0 Å². The van der Waals surface area contributed by atoms with E-state index in [-0.39, 0.29) is 5.91 Å². The number of hydrogen-bond acceptors (Lipinski definition) is 3. The molecule has 2 heterocycles. The Bertz CT molecular complexity index is 472. The van der Waals surface area contributed by atoms with Gasteiger partial charge >= 0.3 is 0 Å². The van der Waals surface area contributed by atoms with Gasteiger partial charge in [0.05, 0.1) is 0 Å². The zero-order valence-corrected chi connectivity index (χ0v) is 10.7. The molecule has 2 amide bonds. The number of carbonyl (C=O) groups excluding carboxylic acids is 2. The van der Waals surface area contributed by atoms with Gasteiger partial charge in [0.25, 0.3) is 11.8 Å². The van der Waals surface area contributed by atoms with E-state index in [2.05, 4.69) is 4.90 Å². The van der Waals surface area contributed by atoms with E-state index in [4.69, 9.17) is 5.73 Å². The Morgan fingerprint density at radius 1 is 1.06 bits per heavy atom. The van der Waals surface area contributed by atoms with Crippen molar-refractivity contribution in [2.75, 3.05) is 33.2 Å². The van der Waals surface area contributed by atoms with Crippen LogP contribution in [0.1, 0.15) is 21.0 Å². The van der Waals surface area contributed by atoms with Crippen molar-refractivity contribution in [2.45, 2.75) is 0 Å². The first-order valence-electron chi connectivity index (χ1n) is 5.94. The van der Waals surface area contributed by atoms with E-state index in [1.165, 1.54) is 0 Å². The van der Waals surface area contributed by atoms with Crippen LogP contribution in [0.3, 0.4) is 0 Å². The number of piperazine rings is 1. The lowest BCUT2D eigenvalue weighted by Crippen LogP contribution is -2.47. The van der Waals surface area contributed by atoms with Crippen LogP contribution < -0.4 is 5.73 Å². The molecule has 0 bridgehead atoms. The summed E-state index contributed by atoms with van der Waals surface area (Å²) in [5.74, 6) is -0.562. The second kappa shape index (κ2) is 4.81. The second-order valence-electron chi connectivity index (χ2n) is 4.62. The lowest BCUT2D eigenvalue weighted by atomic mass is 10.3. The molecule has 18 heavy (non-hydrogen) atoms. The quantitative estimate of drug-likeness (QED) is 0.770. The summed E-state index contributed by atoms with van der Waals surface area (Å²) in [5, 5.41) is 0. The van der Waals surface area contributed by atoms with Crippen LogP contribution in [-0.4, -0.2) is 59.4 Å². The van der Waals surface area contributed by atoms with Gasteiger partial charge < -0.3 is 20.1 Å². The molecule has 6 heteroatoms. The van der Waals surface area contributed by atoms with Crippen LogP contribution in [0.15, 0.2) is 12.1 Å². The molecule has 1 aliphatic heterocycles. The second-order valence-corrected chi connectivity index (χ2v) is 4.62. The van der Waals surface area contributed by atoms with Crippen molar-refractivity contribution < 1.29 is 9.59 Å². The van der Waals surface area contributed by atoms with Crippen molar-refractivity contribution >= 4 is 11.8 Å². The number of primary amides is 1. The van der Waals surface area contributed by atoms with Gasteiger partial charge in [-0.2, -0.15) is 0 Å². The first-order valence-corrected chi connectivity index (χ1v) is 5.94. The van der Waals surface area contributed by atoms with E-state index in [0.29, 0.717) is 24.5 Å². The summed E-state index contributed by atoms with van der Waals surface area (Å²) >= 11 is 0. The molecule has 0 atom stereocenters. The molecule has 0 spiro atoms. The molecule has 0 aliphatic carbocycles. The molecule has 98 valence electrons. The van der Waals surface area contributed by atoms with Crippen LogP contribution in [0.5, 0.6) is 0 Å². The Morgan fingerprint density at radius 3 is 2.11 bits per heavy atom. The van der Waals surface area contributed by atoms with Gasteiger partial charge in [-0.05, 0) is 19.2 Å². The molecule has 0 saturated carbocycles. The number of nitrogens with zero attached hydrogens (tertiary/aromatic N) is 3. The highest BCUT2D eigenvalue weighted by Crippen LogP contribution is 2.11. The zero-order valence-electron chi connectivity index (χ0n) is 10.7. The number of nitrogens with two attached hydrogens (primary N) is 1. The fraction of sp³-hybridized carbons (Fsp3) is 0.500. The summed E-state index contributed by atoms with van der Waals surface area (Å²) in [5.41, 5.74) is 6.10. The van der Waals surface area contributed by atoms with Crippen molar-refractivity contribution in [3.63, 3.8) is 0 Å². The van der Waals surface area contributed by atoms with Gasteiger partial charge in [0.15, 0.2) is 0 Å². The fourth-order valence-electron chi connectivity index (χ4n) is 2.14. The van der Waals surface area contributed by atoms with Crippen LogP contribution in [0.2, 0.25) is 0 Å². The number of rotatable bonds is 2. The normalized spacial score (nSPS) is 16.9. The molecule has 1 saturated heterocycles. The van der Waals surface area contributed by atoms with Crippen LogP contribution in [0.25, 0.3) is 0 Å². The zero-order chi connectivity index (χ0) is 13.3. The summed E-state index contributed by atoms with van der Waals surface area (Å²) < 4.78 is 1.56. The molecule has 1 fully saturated rings. The summed E-state index contributed by atoms with van der Waals surface area (Å²) in [4.78, 5) is 27.4. The third-order valence-corrected chi connectivity index (χ3v) is 3.38. The highest BCUT2D eigenvalue weighted by atomic mass is 16.2. The number of likely N-dealkylation sites (N-methyl/N-ethyl adjacent to an activating group) is 1. The Balaban J connectivity index is 2.16. The maximum absolute atomic E-state index is 12.3. The van der Waals surface area contributed by atoms with E-state index < -0.39 is 5.91 Å². The fourth-order valence-corrected chi connectivity index (χ4v) is 2.14. The van der Waals surface area contributed by atoms with E-state index in [0.717, 1.165) is 13.1 Å². The van der Waals surface area contributed by atoms with Crippen molar-refractivity contribution in [1.29, 1.82) is 0 Å². The predicted molar refractivity (Wildman–Crippen MR) is 67.3 cm³/mol. The van der Waals surface area contributed by atoms with E-state index >= 15 is 0 Å². The molecule has 1 aromatic heterocycles. The lowest BCUT2D eigenvalue weighted by molar-refractivity contribution is 0.0654. The summed E-state index contributed by atoms with van der Waals surface area (Å²) in [6.07, 6.45) is 0. The largest absolute Gasteiger partial charge is 0.364 e. The van der Waals surface area contributed by atoms with Crippen molar-refractivity contribution in [1.82, 2.24) is 14.4 Å². The molecule has 0 unspecified atom stereocenters. The highest BCUT2D eigenvalue weighted by Gasteiger charge is 2.23. The monoisotopic (exact) mass is 250 g/mol. The highest BCUT2D eigenvalue weighted by molar-refractivity contribution is 5.97. The number of aromatic nitrogens is 1. The molecule has 6 nitrogen and oxygen atoms in total. The van der Waals surface area contributed by atoms with Gasteiger partial charge in [-0.1, -0.05) is 0 Å². The van der Waals surface area contributed by atoms with Gasteiger partial charge in [0.1, 0.15) is 11.4 Å². The van der Waals surface area contributed by atoms with Crippen LogP contribution in [0.4, 0.5) is 0 Å². The van der Waals surface area contributed by atoms with Gasteiger partial charge in [-0.25, -0.2) is 0 Å². The van der Waals surface area contributed by atoms with Crippen molar-refractivity contribution in [3.05, 3.63) is 23.5 Å². The molecule has 2 rings (SSSR count). The minimum Gasteiger partial charge on any atom is -0.364 e. The van der Waals surface area contributed by atoms with Crippen molar-refractivity contribution in [3.8, 4) is 0 Å². The van der Waals surface area contributed by atoms with Crippen LogP contribution in [0, 0.1) is 0 Å². The smallest absolute Gasteiger partial charge is 0.270 e. The Kier molecular flexibility index (Phi) is 3.38. The summed E-state index contributed by atoms with van der Waals surface area (Å²) in [6.45, 7) is 3.18. The summed E-state index contributed by atoms with van der Waals surface area (Å²) in [6, 6.07) is 3.24. The molecule has 2 N–H and O–H groups in total. The first-order chi connectivity index (χ1) is 8.50. The standard InChI is InChI=1S/C12H18N4O2/c1-14-5-7-16(8-6-14)12(18)10-4-3-9(11(13)17)15(10)2/h3-4H,5-8H2,1-2H3,(H2,13,17). The van der Waals surface area contributed by atoms with Gasteiger partial charge in [-0.3, -0.25) is 9.59 Å². The average Bonchev–Trinajstić information content (AvgIpc) is 2.71. The maximum Gasteiger partial charge on any atom is 0.270 e. The molecule has 1 aliphatic rings. The maximum atomic E-state index is 12.3. The van der Waals surface area contributed by atoms with Gasteiger partial charge in [-0.15, -0.1) is 0 Å². The van der Waals surface area contributed by atoms with E-state index in [9.17, 15) is 9.59 Å². The number of amides is 2. The third kappa shape index (κ3) is 2.24. The lowest BCUT2D eigenvalue weighted by Gasteiger charge is -2.32. The van der Waals surface area contributed by atoms with Gasteiger partial charge in [0.2, 0.25) is 0 Å². The molecule has 0 aromatic carbocycles. The first kappa shape index (κ1) is 12.6. The Morgan fingerprint density at radius 2 is 1.61 bits per heavy atom. The SMILES string of the molecule is CN1CCN(C(=O)c2ccc(C(N)=O)n2C)CC1. The van der Waals surface area contributed by atoms with Crippen molar-refractivity contribution in [2.24, 2.45) is 12.8 Å². The minimum atomic E-state index is -0.519. The van der Waals surface area contributed by atoms with Crippen LogP contribution in [-0.2, 0) is 7.05 Å². The third-order valence-electron chi connectivity index (χ3n) is 3.38. The molecular weight excluding hydrogens is 232 g/mol. The molecule has 0 radical (unpaired) electrons. The summed E-state index contributed by atoms with van der Waals surface area (Å²) in [7, 11) is 3.72. The van der Waals surface area contributed by atoms with E-state index in [1.54, 1.807) is 28.6 Å². The number of carbonyl (C=O) groups is 2. The molecule has 1 aromatic rings. The molecular formula is C12H18N4O2. The van der Waals surface area contributed by atoms with E-state index in [1.807, 2.05) is 7.05 Å². The predicted octanol–water partition coefficient (Wildman–Crippen LogP) is -0.488. The average molecular weight is 250 g/mol.